The van der Waals surface area contributed by atoms with Gasteiger partial charge in [-0.3, -0.25) is 0 Å². The number of aromatic nitrogens is 1. The molecule has 23 heavy (non-hydrogen) atoms. The Morgan fingerprint density at radius 1 is 1.22 bits per heavy atom. The average molecular weight is 352 g/mol. The zero-order valence-electron chi connectivity index (χ0n) is 12.5. The number of rotatable bonds is 5. The lowest BCUT2D eigenvalue weighted by Crippen LogP contribution is -2.31. The predicted molar refractivity (Wildman–Crippen MR) is 91.2 cm³/mol. The molecule has 0 radical (unpaired) electrons. The molecule has 1 saturated heterocycles. The molecule has 2 heterocycles. The molecule has 0 spiro atoms. The van der Waals surface area contributed by atoms with E-state index < -0.39 is 10.0 Å². The fourth-order valence-electron chi connectivity index (χ4n) is 2.70. The van der Waals surface area contributed by atoms with Crippen LogP contribution in [0.25, 0.3) is 0 Å². The smallest absolute Gasteiger partial charge is 0.242 e. The van der Waals surface area contributed by atoms with E-state index in [2.05, 4.69) is 26.7 Å². The fraction of sp³-hybridized carbons (Fsp3) is 0.312. The molecule has 7 heteroatoms. The van der Waals surface area contributed by atoms with Crippen LogP contribution < -0.4 is 9.62 Å². The third kappa shape index (κ3) is 4.02. The minimum absolute atomic E-state index is 0.139. The van der Waals surface area contributed by atoms with Crippen LogP contribution >= 0.6 is 11.6 Å². The summed E-state index contributed by atoms with van der Waals surface area (Å²) in [5.74, 6) is 0.297. The summed E-state index contributed by atoms with van der Waals surface area (Å²) in [6, 6.07) is 13.1. The first-order valence-electron chi connectivity index (χ1n) is 7.46. The molecule has 5 nitrogen and oxygen atoms in total. The van der Waals surface area contributed by atoms with Gasteiger partial charge in [0.2, 0.25) is 10.0 Å². The average Bonchev–Trinajstić information content (AvgIpc) is 3.03. The molecule has 0 saturated carbocycles. The Bertz CT molecular complexity index is 751. The second-order valence-electron chi connectivity index (χ2n) is 5.60. The van der Waals surface area contributed by atoms with Crippen molar-refractivity contribution in [3.8, 4) is 0 Å². The molecule has 1 aliphatic rings. The Morgan fingerprint density at radius 2 is 2.00 bits per heavy atom. The summed E-state index contributed by atoms with van der Waals surface area (Å²) < 4.78 is 27.2. The Balaban J connectivity index is 1.58. The maximum atomic E-state index is 12.2. The van der Waals surface area contributed by atoms with Crippen molar-refractivity contribution in [1.82, 2.24) is 9.71 Å². The standard InChI is InChI=1S/C16H18ClN3O2S/c17-16-7-6-15(11-18-16)23(21,22)19-10-13-8-9-20(12-13)14-4-2-1-3-5-14/h1-7,11,13,19H,8-10,12H2. The number of para-hydroxylation sites is 1. The highest BCUT2D eigenvalue weighted by Gasteiger charge is 2.24. The van der Waals surface area contributed by atoms with Gasteiger partial charge in [0.25, 0.3) is 0 Å². The maximum Gasteiger partial charge on any atom is 0.242 e. The van der Waals surface area contributed by atoms with Crippen LogP contribution in [0.5, 0.6) is 0 Å². The number of hydrogen-bond donors (Lipinski definition) is 1. The van der Waals surface area contributed by atoms with Crippen LogP contribution in [0.3, 0.4) is 0 Å². The quantitative estimate of drug-likeness (QED) is 0.841. The van der Waals surface area contributed by atoms with Crippen LogP contribution in [0.2, 0.25) is 5.15 Å². The maximum absolute atomic E-state index is 12.2. The Kier molecular flexibility index (Phi) is 4.84. The minimum Gasteiger partial charge on any atom is -0.371 e. The molecule has 0 aliphatic carbocycles. The van der Waals surface area contributed by atoms with Crippen LogP contribution in [0, 0.1) is 5.92 Å². The van der Waals surface area contributed by atoms with Crippen molar-refractivity contribution in [2.75, 3.05) is 24.5 Å². The summed E-state index contributed by atoms with van der Waals surface area (Å²) in [5.41, 5.74) is 1.18. The number of nitrogens with one attached hydrogen (secondary N) is 1. The van der Waals surface area contributed by atoms with Gasteiger partial charge in [-0.05, 0) is 36.6 Å². The molecule has 1 unspecified atom stereocenters. The zero-order chi connectivity index (χ0) is 16.3. The summed E-state index contributed by atoms with van der Waals surface area (Å²) in [5, 5.41) is 0.276. The molecule has 1 N–H and O–H groups in total. The van der Waals surface area contributed by atoms with E-state index in [0.29, 0.717) is 12.5 Å². The Labute approximate surface area is 141 Å². The number of halogens is 1. The van der Waals surface area contributed by atoms with E-state index in [4.69, 9.17) is 11.6 Å². The number of hydrogen-bond acceptors (Lipinski definition) is 4. The van der Waals surface area contributed by atoms with E-state index in [0.717, 1.165) is 19.5 Å². The van der Waals surface area contributed by atoms with Gasteiger partial charge in [0, 0.05) is 31.5 Å². The topological polar surface area (TPSA) is 62.3 Å². The molecule has 2 aromatic rings. The minimum atomic E-state index is -3.54. The SMILES string of the molecule is O=S(=O)(NCC1CCN(c2ccccc2)C1)c1ccc(Cl)nc1. The lowest BCUT2D eigenvalue weighted by molar-refractivity contribution is 0.541. The number of nitrogens with zero attached hydrogens (tertiary/aromatic N) is 2. The first-order chi connectivity index (χ1) is 11.0. The van der Waals surface area contributed by atoms with Gasteiger partial charge >= 0.3 is 0 Å². The molecular weight excluding hydrogens is 334 g/mol. The van der Waals surface area contributed by atoms with Gasteiger partial charge in [-0.25, -0.2) is 18.1 Å². The first kappa shape index (κ1) is 16.2. The van der Waals surface area contributed by atoms with Gasteiger partial charge in [-0.1, -0.05) is 29.8 Å². The highest BCUT2D eigenvalue weighted by molar-refractivity contribution is 7.89. The van der Waals surface area contributed by atoms with Crippen molar-refractivity contribution in [2.45, 2.75) is 11.3 Å². The molecule has 0 bridgehead atoms. The van der Waals surface area contributed by atoms with E-state index in [1.165, 1.54) is 24.0 Å². The number of pyridine rings is 1. The molecular formula is C16H18ClN3O2S. The number of benzene rings is 1. The Hall–Kier alpha value is -1.63. The van der Waals surface area contributed by atoms with Gasteiger partial charge in [-0.2, -0.15) is 0 Å². The predicted octanol–water partition coefficient (Wildman–Crippen LogP) is 2.54. The van der Waals surface area contributed by atoms with E-state index in [1.807, 2.05) is 18.2 Å². The van der Waals surface area contributed by atoms with Crippen molar-refractivity contribution < 1.29 is 8.42 Å². The summed E-state index contributed by atoms with van der Waals surface area (Å²) >= 11 is 5.68. The third-order valence-electron chi connectivity index (χ3n) is 3.98. The van der Waals surface area contributed by atoms with E-state index >= 15 is 0 Å². The van der Waals surface area contributed by atoms with Crippen molar-refractivity contribution in [1.29, 1.82) is 0 Å². The monoisotopic (exact) mass is 351 g/mol. The second-order valence-corrected chi connectivity index (χ2v) is 7.76. The van der Waals surface area contributed by atoms with Crippen molar-refractivity contribution in [3.63, 3.8) is 0 Å². The third-order valence-corrected chi connectivity index (χ3v) is 5.61. The molecule has 1 aromatic carbocycles. The van der Waals surface area contributed by atoms with Crippen LogP contribution in [0.15, 0.2) is 53.6 Å². The summed E-state index contributed by atoms with van der Waals surface area (Å²) in [4.78, 5) is 6.23. The number of sulfonamides is 1. The summed E-state index contributed by atoms with van der Waals surface area (Å²) in [6.45, 7) is 2.22. The van der Waals surface area contributed by atoms with E-state index in [-0.39, 0.29) is 10.0 Å². The molecule has 122 valence electrons. The van der Waals surface area contributed by atoms with Gasteiger partial charge in [0.15, 0.2) is 0 Å². The fourth-order valence-corrected chi connectivity index (χ4v) is 3.88. The highest BCUT2D eigenvalue weighted by atomic mass is 35.5. The molecule has 1 aromatic heterocycles. The van der Waals surface area contributed by atoms with Gasteiger partial charge in [0.1, 0.15) is 10.0 Å². The zero-order valence-corrected chi connectivity index (χ0v) is 14.1. The molecule has 1 atom stereocenters. The largest absolute Gasteiger partial charge is 0.371 e. The van der Waals surface area contributed by atoms with Crippen LogP contribution in [-0.2, 0) is 10.0 Å². The van der Waals surface area contributed by atoms with E-state index in [9.17, 15) is 8.42 Å². The van der Waals surface area contributed by atoms with Crippen molar-refractivity contribution in [2.24, 2.45) is 5.92 Å². The normalized spacial score (nSPS) is 18.3. The van der Waals surface area contributed by atoms with Crippen LogP contribution in [0.1, 0.15) is 6.42 Å². The van der Waals surface area contributed by atoms with Crippen molar-refractivity contribution >= 4 is 27.3 Å². The summed E-state index contributed by atoms with van der Waals surface area (Å²) in [7, 11) is -3.54. The van der Waals surface area contributed by atoms with Crippen molar-refractivity contribution in [3.05, 3.63) is 53.8 Å². The van der Waals surface area contributed by atoms with Gasteiger partial charge in [-0.15, -0.1) is 0 Å². The Morgan fingerprint density at radius 3 is 2.70 bits per heavy atom. The highest BCUT2D eigenvalue weighted by Crippen LogP contribution is 2.23. The summed E-state index contributed by atoms with van der Waals surface area (Å²) in [6.07, 6.45) is 2.24. The van der Waals surface area contributed by atoms with Gasteiger partial charge < -0.3 is 4.90 Å². The lowest BCUT2D eigenvalue weighted by atomic mass is 10.1. The number of anilines is 1. The van der Waals surface area contributed by atoms with E-state index in [1.54, 1.807) is 0 Å². The van der Waals surface area contributed by atoms with Crippen LogP contribution in [-0.4, -0.2) is 33.0 Å². The molecule has 0 amide bonds. The molecule has 1 fully saturated rings. The first-order valence-corrected chi connectivity index (χ1v) is 9.32. The molecule has 3 rings (SSSR count). The van der Waals surface area contributed by atoms with Gasteiger partial charge in [0.05, 0.1) is 0 Å². The molecule has 1 aliphatic heterocycles. The van der Waals surface area contributed by atoms with Crippen LogP contribution in [0.4, 0.5) is 5.69 Å². The lowest BCUT2D eigenvalue weighted by Gasteiger charge is -2.18. The second kappa shape index (κ2) is 6.86.